The Hall–Kier alpha value is -1.96. The predicted octanol–water partition coefficient (Wildman–Crippen LogP) is 4.52. The van der Waals surface area contributed by atoms with Gasteiger partial charge in [-0.25, -0.2) is 0 Å². The van der Waals surface area contributed by atoms with Gasteiger partial charge >= 0.3 is 0 Å². The number of anilines is 1. The summed E-state index contributed by atoms with van der Waals surface area (Å²) in [5.41, 5.74) is 6.54. The molecular weight excluding hydrogens is 258 g/mol. The van der Waals surface area contributed by atoms with Crippen LogP contribution in [-0.4, -0.2) is 12.2 Å². The monoisotopic (exact) mass is 281 g/mol. The van der Waals surface area contributed by atoms with Crippen LogP contribution in [0.25, 0.3) is 0 Å². The summed E-state index contributed by atoms with van der Waals surface area (Å²) in [6.45, 7) is 4.30. The smallest absolute Gasteiger partial charge is 0.115 e. The number of phenolic OH excluding ortho intramolecular Hbond substituents is 1. The zero-order valence-electron chi connectivity index (χ0n) is 13.1. The Morgan fingerprint density at radius 1 is 1.05 bits per heavy atom. The van der Waals surface area contributed by atoms with E-state index in [1.807, 2.05) is 12.1 Å². The van der Waals surface area contributed by atoms with Crippen LogP contribution in [0.15, 0.2) is 36.4 Å². The lowest BCUT2D eigenvalue weighted by Crippen LogP contribution is -2.27. The minimum Gasteiger partial charge on any atom is -0.508 e. The third-order valence-electron chi connectivity index (χ3n) is 4.49. The van der Waals surface area contributed by atoms with Crippen molar-refractivity contribution in [1.29, 1.82) is 0 Å². The largest absolute Gasteiger partial charge is 0.508 e. The molecule has 1 aliphatic rings. The van der Waals surface area contributed by atoms with Crippen LogP contribution in [-0.2, 0) is 6.42 Å². The van der Waals surface area contributed by atoms with Crippen LogP contribution in [0.2, 0.25) is 0 Å². The van der Waals surface area contributed by atoms with Crippen LogP contribution in [0.3, 0.4) is 0 Å². The molecule has 0 bridgehead atoms. The fraction of sp³-hybridized carbons (Fsp3) is 0.368. The zero-order valence-corrected chi connectivity index (χ0v) is 13.1. The number of aromatic hydroxyl groups is 1. The Bertz CT molecular complexity index is 642. The third-order valence-corrected chi connectivity index (χ3v) is 4.49. The highest BCUT2D eigenvalue weighted by molar-refractivity contribution is 5.53. The quantitative estimate of drug-likeness (QED) is 0.874. The van der Waals surface area contributed by atoms with Crippen molar-refractivity contribution in [2.75, 3.05) is 11.9 Å². The zero-order chi connectivity index (χ0) is 15.0. The van der Waals surface area contributed by atoms with E-state index in [0.717, 1.165) is 6.42 Å². The van der Waals surface area contributed by atoms with Crippen molar-refractivity contribution in [2.45, 2.75) is 39.2 Å². The SMILES string of the molecule is Cc1cc(C)cc(N(C)C2CCCc3cc(O)ccc32)c1. The van der Waals surface area contributed by atoms with Crippen LogP contribution in [0.4, 0.5) is 5.69 Å². The second kappa shape index (κ2) is 5.44. The molecule has 0 heterocycles. The standard InChI is InChI=1S/C19H23NO/c1-13-9-14(2)11-16(10-13)20(3)19-6-4-5-15-12-17(21)7-8-18(15)19/h7-12,19,21H,4-6H2,1-3H3. The van der Waals surface area contributed by atoms with E-state index in [2.05, 4.69) is 50.1 Å². The number of fused-ring (bicyclic) bond motifs is 1. The number of nitrogens with zero attached hydrogens (tertiary/aromatic N) is 1. The Labute approximate surface area is 127 Å². The minimum atomic E-state index is 0.378. The fourth-order valence-corrected chi connectivity index (χ4v) is 3.51. The van der Waals surface area contributed by atoms with Gasteiger partial charge in [0.2, 0.25) is 0 Å². The van der Waals surface area contributed by atoms with E-state index in [1.165, 1.54) is 40.8 Å². The van der Waals surface area contributed by atoms with Crippen LogP contribution in [0.5, 0.6) is 5.75 Å². The van der Waals surface area contributed by atoms with Crippen molar-refractivity contribution >= 4 is 5.69 Å². The highest BCUT2D eigenvalue weighted by Crippen LogP contribution is 2.37. The lowest BCUT2D eigenvalue weighted by atomic mass is 9.86. The Morgan fingerprint density at radius 2 is 1.76 bits per heavy atom. The summed E-state index contributed by atoms with van der Waals surface area (Å²) in [5.74, 6) is 0.378. The van der Waals surface area contributed by atoms with Gasteiger partial charge in [-0.05, 0) is 79.6 Å². The van der Waals surface area contributed by atoms with Crippen molar-refractivity contribution in [1.82, 2.24) is 0 Å². The maximum atomic E-state index is 9.69. The molecule has 2 aromatic carbocycles. The first-order valence-corrected chi connectivity index (χ1v) is 7.67. The molecule has 0 fully saturated rings. The molecule has 0 saturated carbocycles. The van der Waals surface area contributed by atoms with Crippen LogP contribution in [0, 0.1) is 13.8 Å². The average Bonchev–Trinajstić information content (AvgIpc) is 2.44. The van der Waals surface area contributed by atoms with Gasteiger partial charge in [0.1, 0.15) is 5.75 Å². The molecule has 21 heavy (non-hydrogen) atoms. The molecule has 110 valence electrons. The fourth-order valence-electron chi connectivity index (χ4n) is 3.51. The normalized spacial score (nSPS) is 17.4. The van der Waals surface area contributed by atoms with Gasteiger partial charge in [-0.2, -0.15) is 0 Å². The first kappa shape index (κ1) is 14.0. The summed E-state index contributed by atoms with van der Waals surface area (Å²) in [4.78, 5) is 2.38. The van der Waals surface area contributed by atoms with E-state index in [4.69, 9.17) is 0 Å². The van der Waals surface area contributed by atoms with Crippen LogP contribution < -0.4 is 4.90 Å². The number of benzene rings is 2. The molecule has 2 heteroatoms. The van der Waals surface area contributed by atoms with Gasteiger partial charge in [0.15, 0.2) is 0 Å². The summed E-state index contributed by atoms with van der Waals surface area (Å²) in [6.07, 6.45) is 3.42. The highest BCUT2D eigenvalue weighted by Gasteiger charge is 2.24. The van der Waals surface area contributed by atoms with E-state index < -0.39 is 0 Å². The Morgan fingerprint density at radius 3 is 2.48 bits per heavy atom. The van der Waals surface area contributed by atoms with Crippen LogP contribution >= 0.6 is 0 Å². The van der Waals surface area contributed by atoms with Crippen molar-refractivity contribution in [3.8, 4) is 5.75 Å². The number of phenols is 1. The predicted molar refractivity (Wildman–Crippen MR) is 88.1 cm³/mol. The number of rotatable bonds is 2. The van der Waals surface area contributed by atoms with E-state index >= 15 is 0 Å². The van der Waals surface area contributed by atoms with E-state index in [1.54, 1.807) is 0 Å². The lowest BCUT2D eigenvalue weighted by Gasteiger charge is -2.35. The molecule has 0 aromatic heterocycles. The molecule has 2 nitrogen and oxygen atoms in total. The number of aryl methyl sites for hydroxylation is 3. The molecule has 0 saturated heterocycles. The molecule has 0 spiro atoms. The summed E-state index contributed by atoms with van der Waals surface area (Å²) in [6, 6.07) is 12.9. The first-order chi connectivity index (χ1) is 10.0. The van der Waals surface area contributed by atoms with Gasteiger partial charge < -0.3 is 10.0 Å². The summed E-state index contributed by atoms with van der Waals surface area (Å²) in [5, 5.41) is 9.69. The van der Waals surface area contributed by atoms with Gasteiger partial charge in [-0.3, -0.25) is 0 Å². The molecule has 0 radical (unpaired) electrons. The number of hydrogen-bond donors (Lipinski definition) is 1. The third kappa shape index (κ3) is 2.76. The topological polar surface area (TPSA) is 23.5 Å². The Balaban J connectivity index is 1.98. The molecule has 0 amide bonds. The van der Waals surface area contributed by atoms with Crippen LogP contribution in [0.1, 0.15) is 41.1 Å². The lowest BCUT2D eigenvalue weighted by molar-refractivity contribution is 0.470. The van der Waals surface area contributed by atoms with E-state index in [0.29, 0.717) is 11.8 Å². The van der Waals surface area contributed by atoms with Gasteiger partial charge in [0, 0.05) is 12.7 Å². The van der Waals surface area contributed by atoms with Crippen molar-refractivity contribution < 1.29 is 5.11 Å². The number of hydrogen-bond acceptors (Lipinski definition) is 2. The van der Waals surface area contributed by atoms with Gasteiger partial charge in [-0.15, -0.1) is 0 Å². The maximum Gasteiger partial charge on any atom is 0.115 e. The maximum absolute atomic E-state index is 9.69. The molecule has 2 aromatic rings. The van der Waals surface area contributed by atoms with Gasteiger partial charge in [-0.1, -0.05) is 12.1 Å². The average molecular weight is 281 g/mol. The molecule has 1 atom stereocenters. The van der Waals surface area contributed by atoms with Gasteiger partial charge in [0.25, 0.3) is 0 Å². The van der Waals surface area contributed by atoms with E-state index in [9.17, 15) is 5.11 Å². The molecule has 3 rings (SSSR count). The second-order valence-corrected chi connectivity index (χ2v) is 6.25. The van der Waals surface area contributed by atoms with Crippen molar-refractivity contribution in [3.63, 3.8) is 0 Å². The summed E-state index contributed by atoms with van der Waals surface area (Å²) in [7, 11) is 2.18. The molecular formula is C19H23NO. The second-order valence-electron chi connectivity index (χ2n) is 6.25. The summed E-state index contributed by atoms with van der Waals surface area (Å²) >= 11 is 0. The highest BCUT2D eigenvalue weighted by atomic mass is 16.3. The molecule has 0 aliphatic heterocycles. The first-order valence-electron chi connectivity index (χ1n) is 7.67. The Kier molecular flexibility index (Phi) is 3.62. The molecule has 1 aliphatic carbocycles. The molecule has 1 N–H and O–H groups in total. The summed E-state index contributed by atoms with van der Waals surface area (Å²) < 4.78 is 0. The van der Waals surface area contributed by atoms with Gasteiger partial charge in [0.05, 0.1) is 6.04 Å². The van der Waals surface area contributed by atoms with E-state index in [-0.39, 0.29) is 0 Å². The van der Waals surface area contributed by atoms with Crippen molar-refractivity contribution in [3.05, 3.63) is 58.7 Å². The molecule has 1 unspecified atom stereocenters. The van der Waals surface area contributed by atoms with Crippen molar-refractivity contribution in [2.24, 2.45) is 0 Å². The minimum absolute atomic E-state index is 0.378.